The zero-order valence-electron chi connectivity index (χ0n) is 9.90. The van der Waals surface area contributed by atoms with Gasteiger partial charge in [-0.1, -0.05) is 30.0 Å². The first kappa shape index (κ1) is 13.7. The van der Waals surface area contributed by atoms with Crippen molar-refractivity contribution in [2.24, 2.45) is 0 Å². The van der Waals surface area contributed by atoms with Crippen molar-refractivity contribution >= 4 is 46.3 Å². The number of thiocarbonyl (C=S) groups is 1. The maximum absolute atomic E-state index is 12.1. The van der Waals surface area contributed by atoms with Crippen LogP contribution in [0.25, 0.3) is 6.08 Å². The molecule has 1 atom stereocenters. The molecular formula is C12H9N2O3S2-. The molecule has 1 aromatic heterocycles. The maximum atomic E-state index is 12.1. The molecule has 2 rings (SSSR count). The molecule has 98 valence electrons. The van der Waals surface area contributed by atoms with E-state index in [1.54, 1.807) is 30.5 Å². The molecule has 5 nitrogen and oxygen atoms in total. The van der Waals surface area contributed by atoms with E-state index in [9.17, 15) is 14.7 Å². The Kier molecular flexibility index (Phi) is 3.96. The van der Waals surface area contributed by atoms with Gasteiger partial charge in [-0.15, -0.1) is 0 Å². The topological polar surface area (TPSA) is 73.3 Å². The number of carboxylic acid groups (broad SMARTS) is 1. The fourth-order valence-electron chi connectivity index (χ4n) is 1.51. The average Bonchev–Trinajstić information content (AvgIpc) is 2.65. The van der Waals surface area contributed by atoms with Crippen molar-refractivity contribution in [3.63, 3.8) is 0 Å². The standard InChI is InChI=1S/C12H10N2O3S2/c1-7(11(16)17)14-10(15)9(19-12(14)18)6-8-4-2-3-5-13-8/h2-7H,1H3,(H,16,17)/p-1/b9-6-/t7-/m0/s1. The van der Waals surface area contributed by atoms with Gasteiger partial charge in [0.25, 0.3) is 5.91 Å². The van der Waals surface area contributed by atoms with Gasteiger partial charge in [0, 0.05) is 6.20 Å². The first-order valence-electron chi connectivity index (χ1n) is 5.39. The van der Waals surface area contributed by atoms with E-state index in [2.05, 4.69) is 4.98 Å². The van der Waals surface area contributed by atoms with E-state index < -0.39 is 17.9 Å². The smallest absolute Gasteiger partial charge is 0.266 e. The Bertz CT molecular complexity index is 572. The van der Waals surface area contributed by atoms with Crippen molar-refractivity contribution in [3.05, 3.63) is 35.0 Å². The van der Waals surface area contributed by atoms with Crippen LogP contribution in [0.3, 0.4) is 0 Å². The van der Waals surface area contributed by atoms with Crippen molar-refractivity contribution < 1.29 is 14.7 Å². The fourth-order valence-corrected chi connectivity index (χ4v) is 2.92. The highest BCUT2D eigenvalue weighted by Gasteiger charge is 2.35. The third-order valence-electron chi connectivity index (χ3n) is 2.52. The van der Waals surface area contributed by atoms with Crippen LogP contribution in [-0.2, 0) is 9.59 Å². The SMILES string of the molecule is C[C@@H](C(=O)[O-])N1C(=O)/C(=C/c2ccccn2)SC1=S. The van der Waals surface area contributed by atoms with Crippen LogP contribution >= 0.6 is 24.0 Å². The fraction of sp³-hybridized carbons (Fsp3) is 0.167. The number of carbonyl (C=O) groups excluding carboxylic acids is 2. The Balaban J connectivity index is 2.28. The summed E-state index contributed by atoms with van der Waals surface area (Å²) in [6, 6.07) is 4.22. The van der Waals surface area contributed by atoms with Crippen molar-refractivity contribution in [3.8, 4) is 0 Å². The lowest BCUT2D eigenvalue weighted by molar-refractivity contribution is -0.309. The number of rotatable bonds is 3. The van der Waals surface area contributed by atoms with E-state index in [1.165, 1.54) is 6.92 Å². The minimum absolute atomic E-state index is 0.212. The molecular weight excluding hydrogens is 284 g/mol. The van der Waals surface area contributed by atoms with Crippen LogP contribution in [0, 0.1) is 0 Å². The van der Waals surface area contributed by atoms with Crippen LogP contribution in [0.1, 0.15) is 12.6 Å². The molecule has 2 heterocycles. The molecule has 0 bridgehead atoms. The lowest BCUT2D eigenvalue weighted by Crippen LogP contribution is -2.48. The molecule has 0 unspecified atom stereocenters. The summed E-state index contributed by atoms with van der Waals surface area (Å²) in [6.45, 7) is 1.36. The second-order valence-electron chi connectivity index (χ2n) is 3.80. The summed E-state index contributed by atoms with van der Waals surface area (Å²) in [5.74, 6) is -1.77. The molecule has 0 radical (unpaired) electrons. The molecule has 0 N–H and O–H groups in total. The van der Waals surface area contributed by atoms with Gasteiger partial charge in [0.2, 0.25) is 0 Å². The van der Waals surface area contributed by atoms with E-state index >= 15 is 0 Å². The minimum Gasteiger partial charge on any atom is -0.548 e. The lowest BCUT2D eigenvalue weighted by Gasteiger charge is -2.23. The lowest BCUT2D eigenvalue weighted by atomic mass is 10.2. The number of hydrogen-bond donors (Lipinski definition) is 0. The maximum Gasteiger partial charge on any atom is 0.266 e. The number of aliphatic carboxylic acids is 1. The molecule has 0 aromatic carbocycles. The van der Waals surface area contributed by atoms with Crippen molar-refractivity contribution in [1.82, 2.24) is 9.88 Å². The van der Waals surface area contributed by atoms with Gasteiger partial charge in [0.1, 0.15) is 4.32 Å². The summed E-state index contributed by atoms with van der Waals surface area (Å²) in [4.78, 5) is 28.4. The average molecular weight is 293 g/mol. The van der Waals surface area contributed by atoms with Gasteiger partial charge in [-0.25, -0.2) is 0 Å². The zero-order chi connectivity index (χ0) is 14.0. The second kappa shape index (κ2) is 5.50. The Morgan fingerprint density at radius 2 is 2.32 bits per heavy atom. The van der Waals surface area contributed by atoms with Crippen molar-refractivity contribution in [1.29, 1.82) is 0 Å². The van der Waals surface area contributed by atoms with Crippen LogP contribution in [0.15, 0.2) is 29.3 Å². The summed E-state index contributed by atoms with van der Waals surface area (Å²) in [5.41, 5.74) is 0.615. The number of carboxylic acids is 1. The third kappa shape index (κ3) is 2.82. The third-order valence-corrected chi connectivity index (χ3v) is 3.85. The zero-order valence-corrected chi connectivity index (χ0v) is 11.5. The number of pyridine rings is 1. The molecule has 0 saturated carbocycles. The van der Waals surface area contributed by atoms with Gasteiger partial charge in [0.15, 0.2) is 0 Å². The first-order valence-corrected chi connectivity index (χ1v) is 6.62. The molecule has 1 aliphatic heterocycles. The molecule has 1 saturated heterocycles. The van der Waals surface area contributed by atoms with Crippen LogP contribution in [0.2, 0.25) is 0 Å². The molecule has 1 aliphatic rings. The highest BCUT2D eigenvalue weighted by atomic mass is 32.2. The summed E-state index contributed by atoms with van der Waals surface area (Å²) in [6.07, 6.45) is 3.19. The normalized spacial score (nSPS) is 19.0. The molecule has 7 heteroatoms. The van der Waals surface area contributed by atoms with Crippen LogP contribution in [0.4, 0.5) is 0 Å². The van der Waals surface area contributed by atoms with Gasteiger partial charge in [-0.3, -0.25) is 14.7 Å². The van der Waals surface area contributed by atoms with Gasteiger partial charge < -0.3 is 9.90 Å². The van der Waals surface area contributed by atoms with Crippen molar-refractivity contribution in [2.45, 2.75) is 13.0 Å². The molecule has 1 aromatic rings. The molecule has 1 fully saturated rings. The highest BCUT2D eigenvalue weighted by molar-refractivity contribution is 8.26. The number of thioether (sulfide) groups is 1. The van der Waals surface area contributed by atoms with E-state index in [0.29, 0.717) is 10.6 Å². The van der Waals surface area contributed by atoms with Gasteiger partial charge in [0.05, 0.1) is 22.6 Å². The Hall–Kier alpha value is -1.73. The molecule has 19 heavy (non-hydrogen) atoms. The van der Waals surface area contributed by atoms with E-state index in [4.69, 9.17) is 12.2 Å². The molecule has 0 aliphatic carbocycles. The number of aromatic nitrogens is 1. The van der Waals surface area contributed by atoms with E-state index in [1.807, 2.05) is 0 Å². The Labute approximate surface area is 119 Å². The van der Waals surface area contributed by atoms with E-state index in [-0.39, 0.29) is 4.32 Å². The van der Waals surface area contributed by atoms with Crippen LogP contribution in [0.5, 0.6) is 0 Å². The van der Waals surface area contributed by atoms with Crippen molar-refractivity contribution in [2.75, 3.05) is 0 Å². The van der Waals surface area contributed by atoms with E-state index in [0.717, 1.165) is 16.7 Å². The Morgan fingerprint density at radius 1 is 1.58 bits per heavy atom. The predicted octanol–water partition coefficient (Wildman–Crippen LogP) is 0.421. The second-order valence-corrected chi connectivity index (χ2v) is 5.48. The summed E-state index contributed by atoms with van der Waals surface area (Å²) in [7, 11) is 0. The first-order chi connectivity index (χ1) is 9.00. The number of nitrogens with zero attached hydrogens (tertiary/aromatic N) is 2. The Morgan fingerprint density at radius 3 is 2.89 bits per heavy atom. The monoisotopic (exact) mass is 293 g/mol. The van der Waals surface area contributed by atoms with Crippen LogP contribution < -0.4 is 5.11 Å². The largest absolute Gasteiger partial charge is 0.548 e. The molecule has 0 spiro atoms. The quantitative estimate of drug-likeness (QED) is 0.594. The number of amides is 1. The van der Waals surface area contributed by atoms with Gasteiger partial charge in [-0.05, 0) is 25.1 Å². The highest BCUT2D eigenvalue weighted by Crippen LogP contribution is 2.33. The van der Waals surface area contributed by atoms with Gasteiger partial charge in [-0.2, -0.15) is 0 Å². The summed E-state index contributed by atoms with van der Waals surface area (Å²) >= 11 is 6.08. The summed E-state index contributed by atoms with van der Waals surface area (Å²) < 4.78 is 0.212. The number of hydrogen-bond acceptors (Lipinski definition) is 6. The van der Waals surface area contributed by atoms with Gasteiger partial charge >= 0.3 is 0 Å². The molecule has 1 amide bonds. The summed E-state index contributed by atoms with van der Waals surface area (Å²) in [5, 5.41) is 10.8. The minimum atomic E-state index is -1.34. The number of carbonyl (C=O) groups is 2. The predicted molar refractivity (Wildman–Crippen MR) is 73.7 cm³/mol. The van der Waals surface area contributed by atoms with Crippen LogP contribution in [-0.4, -0.2) is 32.1 Å².